The maximum absolute atomic E-state index is 12.8. The Bertz CT molecular complexity index is 1080. The number of nitrogens with zero attached hydrogens (tertiary/aromatic N) is 4. The molecule has 1 N–H and O–H groups in total. The van der Waals surface area contributed by atoms with Crippen molar-refractivity contribution >= 4 is 15.7 Å². The summed E-state index contributed by atoms with van der Waals surface area (Å²) in [7, 11) is -2.09. The molecule has 0 saturated carbocycles. The Kier molecular flexibility index (Phi) is 4.40. The van der Waals surface area contributed by atoms with Gasteiger partial charge in [0.15, 0.2) is 17.3 Å². The van der Waals surface area contributed by atoms with Gasteiger partial charge in [0.2, 0.25) is 0 Å². The Hall–Kier alpha value is -3.14. The molecule has 0 saturated heterocycles. The molecule has 0 spiro atoms. The SMILES string of the molecule is Cn1nnnc1-c1cccc(NS(=O)(=O)c2ccc3c(c2)OCCCO3)c1. The fourth-order valence-electron chi connectivity index (χ4n) is 2.72. The molecule has 4 rings (SSSR count). The van der Waals surface area contributed by atoms with Crippen molar-refractivity contribution in [2.24, 2.45) is 7.05 Å². The van der Waals surface area contributed by atoms with Crippen molar-refractivity contribution in [3.05, 3.63) is 42.5 Å². The number of fused-ring (bicyclic) bond motifs is 1. The average Bonchev–Trinajstić information content (AvgIpc) is 2.94. The van der Waals surface area contributed by atoms with Crippen LogP contribution in [-0.2, 0) is 17.1 Å². The third-order valence-corrected chi connectivity index (χ3v) is 5.40. The van der Waals surface area contributed by atoms with E-state index in [1.54, 1.807) is 37.4 Å². The van der Waals surface area contributed by atoms with Crippen LogP contribution in [0.4, 0.5) is 5.69 Å². The quantitative estimate of drug-likeness (QED) is 0.727. The van der Waals surface area contributed by atoms with Crippen molar-refractivity contribution in [2.45, 2.75) is 11.3 Å². The monoisotopic (exact) mass is 387 g/mol. The second-order valence-corrected chi connectivity index (χ2v) is 7.65. The van der Waals surface area contributed by atoms with Crippen LogP contribution in [-0.4, -0.2) is 41.8 Å². The van der Waals surface area contributed by atoms with Gasteiger partial charge in [-0.2, -0.15) is 0 Å². The number of benzene rings is 2. The lowest BCUT2D eigenvalue weighted by atomic mass is 10.2. The molecule has 3 aromatic rings. The van der Waals surface area contributed by atoms with Crippen molar-refractivity contribution in [1.29, 1.82) is 0 Å². The summed E-state index contributed by atoms with van der Waals surface area (Å²) in [5.74, 6) is 1.50. The van der Waals surface area contributed by atoms with Gasteiger partial charge in [-0.05, 0) is 34.7 Å². The van der Waals surface area contributed by atoms with Gasteiger partial charge in [0.1, 0.15) is 0 Å². The molecule has 0 atom stereocenters. The standard InChI is InChI=1S/C17H17N5O4S/c1-22-17(18-20-21-22)12-4-2-5-13(10-12)19-27(23,24)14-6-7-15-16(11-14)26-9-3-8-25-15/h2,4-7,10-11,19H,3,8-9H2,1H3. The van der Waals surface area contributed by atoms with E-state index in [2.05, 4.69) is 20.2 Å². The fraction of sp³-hybridized carbons (Fsp3) is 0.235. The second-order valence-electron chi connectivity index (χ2n) is 5.97. The first-order chi connectivity index (χ1) is 13.0. The van der Waals surface area contributed by atoms with Gasteiger partial charge in [0.25, 0.3) is 10.0 Å². The highest BCUT2D eigenvalue weighted by molar-refractivity contribution is 7.92. The molecule has 140 valence electrons. The minimum absolute atomic E-state index is 0.0949. The van der Waals surface area contributed by atoms with Gasteiger partial charge in [-0.15, -0.1) is 5.10 Å². The van der Waals surface area contributed by atoms with Crippen LogP contribution in [0, 0.1) is 0 Å². The molecule has 10 heteroatoms. The lowest BCUT2D eigenvalue weighted by Gasteiger charge is -2.12. The van der Waals surface area contributed by atoms with Gasteiger partial charge in [0, 0.05) is 30.8 Å². The highest BCUT2D eigenvalue weighted by Crippen LogP contribution is 2.32. The highest BCUT2D eigenvalue weighted by Gasteiger charge is 2.19. The number of hydrogen-bond donors (Lipinski definition) is 1. The predicted molar refractivity (Wildman–Crippen MR) is 97.1 cm³/mol. The molecule has 2 heterocycles. The predicted octanol–water partition coefficient (Wildman–Crippen LogP) is 1.84. The maximum Gasteiger partial charge on any atom is 0.262 e. The van der Waals surface area contributed by atoms with Gasteiger partial charge in [-0.25, -0.2) is 13.1 Å². The lowest BCUT2D eigenvalue weighted by molar-refractivity contribution is 0.297. The Morgan fingerprint density at radius 3 is 2.67 bits per heavy atom. The topological polar surface area (TPSA) is 108 Å². The molecular weight excluding hydrogens is 370 g/mol. The van der Waals surface area contributed by atoms with Crippen LogP contribution < -0.4 is 14.2 Å². The molecule has 0 bridgehead atoms. The molecule has 1 aromatic heterocycles. The summed E-state index contributed by atoms with van der Waals surface area (Å²) in [6.45, 7) is 1.03. The van der Waals surface area contributed by atoms with E-state index < -0.39 is 10.0 Å². The zero-order chi connectivity index (χ0) is 18.9. The molecule has 9 nitrogen and oxygen atoms in total. The molecule has 2 aromatic carbocycles. The van der Waals surface area contributed by atoms with Crippen molar-refractivity contribution in [2.75, 3.05) is 17.9 Å². The zero-order valence-corrected chi connectivity index (χ0v) is 15.3. The van der Waals surface area contributed by atoms with E-state index in [4.69, 9.17) is 9.47 Å². The molecular formula is C17H17N5O4S. The summed E-state index contributed by atoms with van der Waals surface area (Å²) in [6, 6.07) is 11.4. The fourth-order valence-corrected chi connectivity index (χ4v) is 3.79. The van der Waals surface area contributed by atoms with Gasteiger partial charge < -0.3 is 9.47 Å². The van der Waals surface area contributed by atoms with Gasteiger partial charge in [-0.3, -0.25) is 4.72 Å². The second kappa shape index (κ2) is 6.88. The Balaban J connectivity index is 1.62. The summed E-state index contributed by atoms with van der Waals surface area (Å²) >= 11 is 0. The molecule has 0 aliphatic carbocycles. The minimum Gasteiger partial charge on any atom is -0.490 e. The van der Waals surface area contributed by atoms with E-state index in [1.165, 1.54) is 16.8 Å². The first kappa shape index (κ1) is 17.3. The molecule has 0 fully saturated rings. The highest BCUT2D eigenvalue weighted by atomic mass is 32.2. The normalized spacial score (nSPS) is 13.8. The number of sulfonamides is 1. The van der Waals surface area contributed by atoms with Crippen LogP contribution >= 0.6 is 0 Å². The van der Waals surface area contributed by atoms with Crippen LogP contribution in [0.2, 0.25) is 0 Å². The molecule has 0 radical (unpaired) electrons. The molecule has 0 amide bonds. The van der Waals surface area contributed by atoms with E-state index >= 15 is 0 Å². The number of tetrazole rings is 1. The van der Waals surface area contributed by atoms with Crippen molar-refractivity contribution < 1.29 is 17.9 Å². The smallest absolute Gasteiger partial charge is 0.262 e. The summed E-state index contributed by atoms with van der Waals surface area (Å²) in [6.07, 6.45) is 0.749. The third kappa shape index (κ3) is 3.56. The lowest BCUT2D eigenvalue weighted by Crippen LogP contribution is -2.13. The third-order valence-electron chi connectivity index (χ3n) is 4.02. The Morgan fingerprint density at radius 1 is 1.07 bits per heavy atom. The minimum atomic E-state index is -3.80. The Morgan fingerprint density at radius 2 is 1.89 bits per heavy atom. The number of aryl methyl sites for hydroxylation is 1. The van der Waals surface area contributed by atoms with E-state index in [9.17, 15) is 8.42 Å². The van der Waals surface area contributed by atoms with Crippen molar-refractivity contribution in [3.8, 4) is 22.9 Å². The number of rotatable bonds is 4. The molecule has 1 aliphatic heterocycles. The number of anilines is 1. The molecule has 1 aliphatic rings. The van der Waals surface area contributed by atoms with Gasteiger partial charge >= 0.3 is 0 Å². The van der Waals surface area contributed by atoms with Crippen LogP contribution in [0.5, 0.6) is 11.5 Å². The summed E-state index contributed by atoms with van der Waals surface area (Å²) in [5, 5.41) is 11.3. The van der Waals surface area contributed by atoms with Crippen molar-refractivity contribution in [1.82, 2.24) is 20.2 Å². The van der Waals surface area contributed by atoms with Gasteiger partial charge in [0.05, 0.1) is 18.1 Å². The summed E-state index contributed by atoms with van der Waals surface area (Å²) < 4.78 is 40.8. The van der Waals surface area contributed by atoms with Crippen molar-refractivity contribution in [3.63, 3.8) is 0 Å². The van der Waals surface area contributed by atoms with E-state index in [1.807, 2.05) is 0 Å². The molecule has 0 unspecified atom stereocenters. The molecule has 27 heavy (non-hydrogen) atoms. The van der Waals surface area contributed by atoms with E-state index in [0.29, 0.717) is 41.8 Å². The van der Waals surface area contributed by atoms with Gasteiger partial charge in [-0.1, -0.05) is 12.1 Å². The Labute approximate surface area is 156 Å². The number of nitrogens with one attached hydrogen (secondary N) is 1. The summed E-state index contributed by atoms with van der Waals surface area (Å²) in [5.41, 5.74) is 1.10. The average molecular weight is 387 g/mol. The van der Waals surface area contributed by atoms with Crippen LogP contribution in [0.1, 0.15) is 6.42 Å². The summed E-state index contributed by atoms with van der Waals surface area (Å²) in [4.78, 5) is 0.0949. The van der Waals surface area contributed by atoms with Crippen LogP contribution in [0.25, 0.3) is 11.4 Å². The number of ether oxygens (including phenoxy) is 2. The zero-order valence-electron chi connectivity index (χ0n) is 14.5. The number of aromatic nitrogens is 4. The van der Waals surface area contributed by atoms with Crippen LogP contribution in [0.15, 0.2) is 47.4 Å². The maximum atomic E-state index is 12.8. The van der Waals surface area contributed by atoms with Crippen LogP contribution in [0.3, 0.4) is 0 Å². The first-order valence-corrected chi connectivity index (χ1v) is 9.76. The largest absolute Gasteiger partial charge is 0.490 e. The van der Waals surface area contributed by atoms with E-state index in [0.717, 1.165) is 6.42 Å². The van der Waals surface area contributed by atoms with E-state index in [-0.39, 0.29) is 4.90 Å². The first-order valence-electron chi connectivity index (χ1n) is 8.28. The number of hydrogen-bond acceptors (Lipinski definition) is 7.